The normalized spacial score (nSPS) is 14.0. The molecule has 4 aromatic carbocycles. The Morgan fingerprint density at radius 1 is 0.775 bits per heavy atom. The Balaban J connectivity index is 1.33. The van der Waals surface area contributed by atoms with Gasteiger partial charge in [0.1, 0.15) is 0 Å². The maximum absolute atomic E-state index is 13.1. The summed E-state index contributed by atoms with van der Waals surface area (Å²) in [7, 11) is 2.06. The summed E-state index contributed by atoms with van der Waals surface area (Å²) in [5, 5.41) is 4.62. The molecule has 0 bridgehead atoms. The Morgan fingerprint density at radius 2 is 1.48 bits per heavy atom. The third-order valence-electron chi connectivity index (χ3n) is 7.52. The van der Waals surface area contributed by atoms with Crippen LogP contribution >= 0.6 is 0 Å². The summed E-state index contributed by atoms with van der Waals surface area (Å²) in [5.41, 5.74) is 11.1. The smallest absolute Gasteiger partial charge is 0.255 e. The van der Waals surface area contributed by atoms with Gasteiger partial charge in [0, 0.05) is 59.3 Å². The van der Waals surface area contributed by atoms with E-state index in [1.807, 2.05) is 71.6 Å². The van der Waals surface area contributed by atoms with E-state index in [2.05, 4.69) is 22.2 Å². The van der Waals surface area contributed by atoms with Crippen LogP contribution in [0, 0.1) is 0 Å². The zero-order chi connectivity index (χ0) is 27.8. The van der Waals surface area contributed by atoms with Crippen molar-refractivity contribution in [1.82, 2.24) is 14.8 Å². The Morgan fingerprint density at radius 3 is 2.17 bits per heavy atom. The van der Waals surface area contributed by atoms with E-state index in [4.69, 9.17) is 5.73 Å². The van der Waals surface area contributed by atoms with E-state index in [-0.39, 0.29) is 11.8 Å². The molecule has 0 unspecified atom stereocenters. The number of para-hydroxylation sites is 1. The molecule has 8 heteroatoms. The standard InChI is InChI=1S/C32H29N5O3/c1-36-13-15-37(16-14-36)32(40)22-11-12-25-26-17-23(18-27(30(33)38)29(26)35-28(25)19-22)20-7-9-21(10-8-20)31(39)34-24-5-3-2-4-6-24/h2-12,17-19,35H,13-16H2,1H3,(H2,33,38)(H,34,39). The number of piperazine rings is 1. The molecule has 0 radical (unpaired) electrons. The first-order valence-corrected chi connectivity index (χ1v) is 13.2. The molecule has 3 amide bonds. The number of H-pyrrole nitrogens is 1. The number of fused-ring (bicyclic) bond motifs is 3. The van der Waals surface area contributed by atoms with E-state index in [9.17, 15) is 14.4 Å². The average Bonchev–Trinajstić information content (AvgIpc) is 3.35. The maximum atomic E-state index is 13.1. The fourth-order valence-electron chi connectivity index (χ4n) is 5.23. The van der Waals surface area contributed by atoms with Crippen molar-refractivity contribution in [3.8, 4) is 11.1 Å². The van der Waals surface area contributed by atoms with Crippen LogP contribution in [0.25, 0.3) is 32.9 Å². The third-order valence-corrected chi connectivity index (χ3v) is 7.52. The van der Waals surface area contributed by atoms with Gasteiger partial charge in [-0.05, 0) is 66.7 Å². The number of benzene rings is 4. The molecular weight excluding hydrogens is 502 g/mol. The molecule has 6 rings (SSSR count). The third kappa shape index (κ3) is 4.81. The van der Waals surface area contributed by atoms with Crippen molar-refractivity contribution in [2.45, 2.75) is 0 Å². The predicted molar refractivity (Wildman–Crippen MR) is 158 cm³/mol. The van der Waals surface area contributed by atoms with Crippen molar-refractivity contribution >= 4 is 45.2 Å². The van der Waals surface area contributed by atoms with Crippen molar-refractivity contribution in [2.75, 3.05) is 38.5 Å². The minimum absolute atomic E-state index is 0.000797. The number of hydrogen-bond acceptors (Lipinski definition) is 4. The molecule has 200 valence electrons. The Hall–Kier alpha value is -4.95. The highest BCUT2D eigenvalue weighted by molar-refractivity contribution is 6.17. The van der Waals surface area contributed by atoms with Gasteiger partial charge in [0.2, 0.25) is 0 Å². The zero-order valence-corrected chi connectivity index (χ0v) is 22.1. The van der Waals surface area contributed by atoms with Gasteiger partial charge in [0.25, 0.3) is 17.7 Å². The molecule has 1 aromatic heterocycles. The van der Waals surface area contributed by atoms with Crippen LogP contribution in [0.4, 0.5) is 5.69 Å². The Kier molecular flexibility index (Phi) is 6.53. The van der Waals surface area contributed by atoms with E-state index in [1.54, 1.807) is 18.2 Å². The summed E-state index contributed by atoms with van der Waals surface area (Å²) in [5.74, 6) is -0.753. The number of rotatable bonds is 5. The number of aromatic amines is 1. The number of anilines is 1. The number of likely N-dealkylation sites (N-methyl/N-ethyl adjacent to an activating group) is 1. The van der Waals surface area contributed by atoms with Crippen LogP contribution in [-0.4, -0.2) is 65.7 Å². The molecule has 1 fully saturated rings. The molecule has 5 aromatic rings. The maximum Gasteiger partial charge on any atom is 0.255 e. The summed E-state index contributed by atoms with van der Waals surface area (Å²) in [6.07, 6.45) is 0. The van der Waals surface area contributed by atoms with Crippen molar-refractivity contribution in [1.29, 1.82) is 0 Å². The lowest BCUT2D eigenvalue weighted by Gasteiger charge is -2.32. The second-order valence-electron chi connectivity index (χ2n) is 10.2. The number of carbonyl (C=O) groups excluding carboxylic acids is 3. The van der Waals surface area contributed by atoms with Crippen LogP contribution in [0.5, 0.6) is 0 Å². The average molecular weight is 532 g/mol. The number of nitrogens with one attached hydrogen (secondary N) is 2. The van der Waals surface area contributed by atoms with Gasteiger partial charge < -0.3 is 25.8 Å². The summed E-state index contributed by atoms with van der Waals surface area (Å²) in [6, 6.07) is 25.9. The first-order chi connectivity index (χ1) is 19.4. The number of carbonyl (C=O) groups is 3. The van der Waals surface area contributed by atoms with Crippen LogP contribution in [0.3, 0.4) is 0 Å². The number of amides is 3. The number of primary amides is 1. The van der Waals surface area contributed by atoms with Gasteiger partial charge in [-0.2, -0.15) is 0 Å². The van der Waals surface area contributed by atoms with Crippen molar-refractivity contribution < 1.29 is 14.4 Å². The highest BCUT2D eigenvalue weighted by Crippen LogP contribution is 2.33. The number of nitrogens with two attached hydrogens (primary N) is 1. The fourth-order valence-corrected chi connectivity index (χ4v) is 5.23. The lowest BCUT2D eigenvalue weighted by atomic mass is 9.97. The van der Waals surface area contributed by atoms with Crippen LogP contribution in [0.2, 0.25) is 0 Å². The second-order valence-corrected chi connectivity index (χ2v) is 10.2. The molecule has 0 aliphatic carbocycles. The van der Waals surface area contributed by atoms with Crippen molar-refractivity contribution in [3.05, 3.63) is 102 Å². The van der Waals surface area contributed by atoms with Gasteiger partial charge >= 0.3 is 0 Å². The molecule has 0 spiro atoms. The molecule has 0 atom stereocenters. The number of nitrogens with zero attached hydrogens (tertiary/aromatic N) is 2. The first-order valence-electron chi connectivity index (χ1n) is 13.2. The molecule has 1 aliphatic rings. The van der Waals surface area contributed by atoms with Gasteiger partial charge in [0.05, 0.1) is 11.1 Å². The Labute approximate surface area is 231 Å². The zero-order valence-electron chi connectivity index (χ0n) is 22.1. The fraction of sp³-hybridized carbons (Fsp3) is 0.156. The van der Waals surface area contributed by atoms with Crippen LogP contribution < -0.4 is 11.1 Å². The lowest BCUT2D eigenvalue weighted by molar-refractivity contribution is 0.0664. The SMILES string of the molecule is CN1CCN(C(=O)c2ccc3c(c2)[nH]c2c(C(N)=O)cc(-c4ccc(C(=O)Nc5ccccc5)cc4)cc23)CC1. The molecule has 2 heterocycles. The summed E-state index contributed by atoms with van der Waals surface area (Å²) in [4.78, 5) is 45.7. The van der Waals surface area contributed by atoms with Crippen molar-refractivity contribution in [2.24, 2.45) is 5.73 Å². The topological polar surface area (TPSA) is 112 Å². The van der Waals surface area contributed by atoms with Gasteiger partial charge in [-0.1, -0.05) is 36.4 Å². The number of hydrogen-bond donors (Lipinski definition) is 3. The largest absolute Gasteiger partial charge is 0.366 e. The van der Waals surface area contributed by atoms with E-state index >= 15 is 0 Å². The van der Waals surface area contributed by atoms with E-state index in [0.717, 1.165) is 46.2 Å². The summed E-state index contributed by atoms with van der Waals surface area (Å²) < 4.78 is 0. The van der Waals surface area contributed by atoms with E-state index in [1.165, 1.54) is 0 Å². The molecular formula is C32H29N5O3. The molecule has 40 heavy (non-hydrogen) atoms. The van der Waals surface area contributed by atoms with E-state index in [0.29, 0.717) is 35.3 Å². The molecule has 1 saturated heterocycles. The molecule has 8 nitrogen and oxygen atoms in total. The minimum Gasteiger partial charge on any atom is -0.366 e. The van der Waals surface area contributed by atoms with Gasteiger partial charge in [-0.3, -0.25) is 14.4 Å². The molecule has 4 N–H and O–H groups in total. The highest BCUT2D eigenvalue weighted by atomic mass is 16.2. The van der Waals surface area contributed by atoms with Gasteiger partial charge in [0.15, 0.2) is 0 Å². The summed E-state index contributed by atoms with van der Waals surface area (Å²) in [6.45, 7) is 3.09. The highest BCUT2D eigenvalue weighted by Gasteiger charge is 2.22. The van der Waals surface area contributed by atoms with E-state index < -0.39 is 5.91 Å². The molecule has 1 aliphatic heterocycles. The van der Waals surface area contributed by atoms with Crippen LogP contribution in [0.1, 0.15) is 31.1 Å². The van der Waals surface area contributed by atoms with Gasteiger partial charge in [-0.25, -0.2) is 0 Å². The first kappa shape index (κ1) is 25.3. The van der Waals surface area contributed by atoms with Crippen LogP contribution in [0.15, 0.2) is 84.9 Å². The van der Waals surface area contributed by atoms with Crippen molar-refractivity contribution in [3.63, 3.8) is 0 Å². The minimum atomic E-state index is -0.550. The van der Waals surface area contributed by atoms with Crippen LogP contribution in [-0.2, 0) is 0 Å². The number of aromatic nitrogens is 1. The monoisotopic (exact) mass is 531 g/mol. The molecule has 0 saturated carbocycles. The second kappa shape index (κ2) is 10.3. The predicted octanol–water partition coefficient (Wildman–Crippen LogP) is 4.73. The lowest BCUT2D eigenvalue weighted by Crippen LogP contribution is -2.47. The van der Waals surface area contributed by atoms with Gasteiger partial charge in [-0.15, -0.1) is 0 Å². The summed E-state index contributed by atoms with van der Waals surface area (Å²) >= 11 is 0. The Bertz CT molecular complexity index is 1750. The quantitative estimate of drug-likeness (QED) is 0.305.